The highest BCUT2D eigenvalue weighted by molar-refractivity contribution is 5.95. The number of aliphatic hydroxyl groups is 1. The Bertz CT molecular complexity index is 1880. The maximum absolute atomic E-state index is 14.0. The summed E-state index contributed by atoms with van der Waals surface area (Å²) in [5, 5.41) is 24.4. The van der Waals surface area contributed by atoms with Crippen LogP contribution in [0.5, 0.6) is 0 Å². The molecule has 4 aromatic carbocycles. The highest BCUT2D eigenvalue weighted by atomic mass is 16.5. The Morgan fingerprint density at radius 1 is 0.887 bits per heavy atom. The number of nitrogens with zero attached hydrogens (tertiary/aromatic N) is 4. The van der Waals surface area contributed by atoms with Gasteiger partial charge < -0.3 is 34.9 Å². The number of nitrogens with one attached hydrogen (secondary N) is 2. The summed E-state index contributed by atoms with van der Waals surface area (Å²) in [4.78, 5) is 31.1. The third-order valence-electron chi connectivity index (χ3n) is 10.2. The van der Waals surface area contributed by atoms with Crippen LogP contribution in [0.3, 0.4) is 0 Å². The summed E-state index contributed by atoms with van der Waals surface area (Å²) in [5.41, 5.74) is 8.12. The number of ketones is 1. The number of ether oxygens (including phenoxy) is 3. The first-order valence-electron chi connectivity index (χ1n) is 17.5. The van der Waals surface area contributed by atoms with Gasteiger partial charge in [-0.3, -0.25) is 4.79 Å². The maximum Gasteiger partial charge on any atom is 0.317 e. The number of benzene rings is 4. The molecule has 1 fully saturated rings. The van der Waals surface area contributed by atoms with Crippen LogP contribution in [0.25, 0.3) is 10.4 Å². The van der Waals surface area contributed by atoms with E-state index in [-0.39, 0.29) is 32.2 Å². The molecule has 0 heterocycles. The molecule has 12 heteroatoms. The van der Waals surface area contributed by atoms with Crippen molar-refractivity contribution in [2.75, 3.05) is 26.0 Å². The van der Waals surface area contributed by atoms with E-state index in [4.69, 9.17) is 14.2 Å². The van der Waals surface area contributed by atoms with Crippen LogP contribution in [-0.4, -0.2) is 77.5 Å². The van der Waals surface area contributed by atoms with Crippen molar-refractivity contribution in [2.24, 2.45) is 5.11 Å². The monoisotopic (exact) mass is 720 g/mol. The molecule has 1 saturated carbocycles. The molecule has 0 aromatic heterocycles. The number of azide groups is 1. The fourth-order valence-electron chi connectivity index (χ4n) is 7.19. The van der Waals surface area contributed by atoms with Crippen LogP contribution in [0, 0.1) is 0 Å². The zero-order valence-electron chi connectivity index (χ0n) is 30.8. The second-order valence-electron chi connectivity index (χ2n) is 13.8. The van der Waals surface area contributed by atoms with Gasteiger partial charge in [-0.2, -0.15) is 0 Å². The van der Waals surface area contributed by atoms with Crippen molar-refractivity contribution in [3.05, 3.63) is 148 Å². The van der Waals surface area contributed by atoms with Gasteiger partial charge in [0.05, 0.1) is 44.6 Å². The molecule has 1 aliphatic rings. The van der Waals surface area contributed by atoms with E-state index in [0.29, 0.717) is 11.3 Å². The number of rotatable bonds is 16. The molecule has 3 N–H and O–H groups in total. The molecule has 0 spiro atoms. The third kappa shape index (κ3) is 8.22. The highest BCUT2D eigenvalue weighted by Gasteiger charge is 2.78. The van der Waals surface area contributed by atoms with Crippen LogP contribution >= 0.6 is 0 Å². The fraction of sp³-hybridized carbons (Fsp3) is 0.366. The summed E-state index contributed by atoms with van der Waals surface area (Å²) >= 11 is 0. The smallest absolute Gasteiger partial charge is 0.317 e. The second-order valence-corrected chi connectivity index (χ2v) is 13.8. The molecule has 5 rings (SSSR count). The average Bonchev–Trinajstić information content (AvgIpc) is 3.31. The Morgan fingerprint density at radius 2 is 1.45 bits per heavy atom. The average molecular weight is 721 g/mol. The van der Waals surface area contributed by atoms with Crippen LogP contribution in [0.15, 0.2) is 120 Å². The summed E-state index contributed by atoms with van der Waals surface area (Å²) in [6.45, 7) is 4.92. The lowest BCUT2D eigenvalue weighted by molar-refractivity contribution is -0.229. The molecule has 53 heavy (non-hydrogen) atoms. The SMILES string of the molecule is CC(=O)c1cccc(N[C@H]2[C@H](N=[N+]=[N-])[C@@](NC(=O)N(C)C)([C@H](C)OCc3ccccc3)[C@@](C)(OCc3ccccc3)[C@@]2(O)COCc2ccccc2)c1. The lowest BCUT2D eigenvalue weighted by Gasteiger charge is -2.52. The molecular formula is C41H48N6O6. The zero-order chi connectivity index (χ0) is 38.1. The van der Waals surface area contributed by atoms with Crippen molar-refractivity contribution in [2.45, 2.75) is 75.5 Å². The van der Waals surface area contributed by atoms with Crippen LogP contribution in [0.2, 0.25) is 0 Å². The van der Waals surface area contributed by atoms with E-state index in [2.05, 4.69) is 20.7 Å². The van der Waals surface area contributed by atoms with Crippen molar-refractivity contribution < 1.29 is 28.9 Å². The third-order valence-corrected chi connectivity index (χ3v) is 10.2. The Kier molecular flexibility index (Phi) is 12.6. The minimum absolute atomic E-state index is 0.0128. The van der Waals surface area contributed by atoms with E-state index in [1.54, 1.807) is 52.2 Å². The molecule has 12 nitrogen and oxygen atoms in total. The van der Waals surface area contributed by atoms with Gasteiger partial charge in [-0.15, -0.1) is 0 Å². The van der Waals surface area contributed by atoms with Gasteiger partial charge in [0.1, 0.15) is 16.7 Å². The number of hydrogen-bond donors (Lipinski definition) is 3. The van der Waals surface area contributed by atoms with E-state index in [1.165, 1.54) is 11.8 Å². The summed E-state index contributed by atoms with van der Waals surface area (Å²) in [6.07, 6.45) is -0.945. The second kappa shape index (κ2) is 17.1. The molecular weight excluding hydrogens is 672 g/mol. The van der Waals surface area contributed by atoms with Gasteiger partial charge >= 0.3 is 6.03 Å². The van der Waals surface area contributed by atoms with Crippen LogP contribution in [0.1, 0.15) is 47.8 Å². The van der Waals surface area contributed by atoms with Gasteiger partial charge in [0, 0.05) is 30.3 Å². The number of anilines is 1. The maximum atomic E-state index is 14.0. The molecule has 0 aliphatic heterocycles. The predicted octanol–water partition coefficient (Wildman–Crippen LogP) is 6.90. The van der Waals surface area contributed by atoms with Gasteiger partial charge in [-0.05, 0) is 55.1 Å². The Morgan fingerprint density at radius 3 is 2.00 bits per heavy atom. The molecule has 0 saturated heterocycles. The first-order valence-corrected chi connectivity index (χ1v) is 17.5. The summed E-state index contributed by atoms with van der Waals surface area (Å²) in [7, 11) is 3.19. The Hall–Kier alpha value is -5.23. The predicted molar refractivity (Wildman–Crippen MR) is 203 cm³/mol. The van der Waals surface area contributed by atoms with Gasteiger partial charge in [0.2, 0.25) is 0 Å². The normalized spacial score (nSPS) is 24.1. The fourth-order valence-corrected chi connectivity index (χ4v) is 7.19. The van der Waals surface area contributed by atoms with Crippen molar-refractivity contribution in [3.63, 3.8) is 0 Å². The molecule has 1 aliphatic carbocycles. The highest BCUT2D eigenvalue weighted by Crippen LogP contribution is 2.54. The van der Waals surface area contributed by atoms with Gasteiger partial charge in [0.25, 0.3) is 0 Å². The van der Waals surface area contributed by atoms with Crippen LogP contribution in [0.4, 0.5) is 10.5 Å². The standard InChI is InChI=1S/C41H48N6O6/c1-29(48)34-22-15-23-35(24-34)43-36-37(45-46-42)41(44-38(49)47(4)5,30(2)52-26-32-18-11-7-12-19-32)39(3,53-27-33-20-13-8-14-21-33)40(36,50)28-51-25-31-16-9-6-10-17-31/h6-24,30,36-37,43,50H,25-28H2,1-5H3,(H,44,49)/t30-,36-,37-,39-,40+,41-/m0/s1. The van der Waals surface area contributed by atoms with E-state index in [1.807, 2.05) is 91.0 Å². The molecule has 4 aromatic rings. The summed E-state index contributed by atoms with van der Waals surface area (Å²) in [5.74, 6) is -0.153. The van der Waals surface area contributed by atoms with Gasteiger partial charge in [-0.25, -0.2) is 4.79 Å². The van der Waals surface area contributed by atoms with Gasteiger partial charge in [0.15, 0.2) is 5.78 Å². The molecule has 0 bridgehead atoms. The quantitative estimate of drug-likeness (QED) is 0.0492. The minimum Gasteiger partial charge on any atom is -0.382 e. The van der Waals surface area contributed by atoms with E-state index >= 15 is 0 Å². The number of carbonyl (C=O) groups is 2. The van der Waals surface area contributed by atoms with Crippen molar-refractivity contribution in [1.29, 1.82) is 0 Å². The Labute approximate surface area is 310 Å². The first kappa shape index (κ1) is 39.0. The van der Waals surface area contributed by atoms with E-state index < -0.39 is 41.0 Å². The van der Waals surface area contributed by atoms with Crippen LogP contribution in [-0.2, 0) is 34.0 Å². The molecule has 6 atom stereocenters. The van der Waals surface area contributed by atoms with E-state index in [9.17, 15) is 20.2 Å². The molecule has 0 unspecified atom stereocenters. The number of carbonyl (C=O) groups excluding carboxylic acids is 2. The number of Topliss-reactive ketones (excluding diaryl/α,β-unsaturated/α-hetero) is 1. The minimum atomic E-state index is -2.04. The van der Waals surface area contributed by atoms with Crippen molar-refractivity contribution >= 4 is 17.5 Å². The number of urea groups is 1. The molecule has 2 amide bonds. The molecule has 278 valence electrons. The van der Waals surface area contributed by atoms with Gasteiger partial charge in [-0.1, -0.05) is 108 Å². The first-order chi connectivity index (χ1) is 25.4. The number of hydrogen-bond acceptors (Lipinski definition) is 8. The lowest BCUT2D eigenvalue weighted by atomic mass is 9.72. The topological polar surface area (TPSA) is 158 Å². The summed E-state index contributed by atoms with van der Waals surface area (Å²) < 4.78 is 19.9. The Balaban J connectivity index is 1.73. The molecule has 0 radical (unpaired) electrons. The van der Waals surface area contributed by atoms with Crippen molar-refractivity contribution in [1.82, 2.24) is 10.2 Å². The largest absolute Gasteiger partial charge is 0.382 e. The lowest BCUT2D eigenvalue weighted by Crippen LogP contribution is -2.76. The van der Waals surface area contributed by atoms with E-state index in [0.717, 1.165) is 16.7 Å². The summed E-state index contributed by atoms with van der Waals surface area (Å²) in [6, 6.07) is 32.4. The van der Waals surface area contributed by atoms with Crippen molar-refractivity contribution in [3.8, 4) is 0 Å². The number of amides is 2. The van der Waals surface area contributed by atoms with Crippen LogP contribution < -0.4 is 10.6 Å². The zero-order valence-corrected chi connectivity index (χ0v) is 30.8.